The van der Waals surface area contributed by atoms with Crippen molar-refractivity contribution < 1.29 is 4.74 Å². The monoisotopic (exact) mass is 248 g/mol. The highest BCUT2D eigenvalue weighted by molar-refractivity contribution is 5.26. The molecule has 1 aliphatic carbocycles. The number of hydrogen-bond acceptors (Lipinski definition) is 3. The Bertz CT molecular complexity index is 373. The van der Waals surface area contributed by atoms with Crippen LogP contribution in [0.25, 0.3) is 0 Å². The van der Waals surface area contributed by atoms with Gasteiger partial charge in [-0.15, -0.1) is 0 Å². The summed E-state index contributed by atoms with van der Waals surface area (Å²) in [5, 5.41) is 3.53. The van der Waals surface area contributed by atoms with Crippen molar-refractivity contribution in [2.24, 2.45) is 5.92 Å². The number of hydrogen-bond donors (Lipinski definition) is 1. The third kappa shape index (κ3) is 3.98. The van der Waals surface area contributed by atoms with E-state index < -0.39 is 0 Å². The maximum absolute atomic E-state index is 5.26. The molecule has 1 saturated carbocycles. The quantitative estimate of drug-likeness (QED) is 0.869. The molecule has 1 N–H and O–H groups in total. The third-order valence-electron chi connectivity index (χ3n) is 3.68. The third-order valence-corrected chi connectivity index (χ3v) is 3.68. The van der Waals surface area contributed by atoms with Crippen molar-refractivity contribution in [3.05, 3.63) is 23.5 Å². The van der Waals surface area contributed by atoms with Gasteiger partial charge in [0.15, 0.2) is 0 Å². The minimum Gasteiger partial charge on any atom is -0.497 e. The highest BCUT2D eigenvalue weighted by Crippen LogP contribution is 2.22. The van der Waals surface area contributed by atoms with Crippen molar-refractivity contribution in [2.75, 3.05) is 13.7 Å². The fourth-order valence-corrected chi connectivity index (χ4v) is 2.71. The molecule has 100 valence electrons. The molecule has 0 amide bonds. The van der Waals surface area contributed by atoms with Crippen LogP contribution in [-0.4, -0.2) is 18.6 Å². The number of nitrogens with one attached hydrogen (secondary N) is 1. The van der Waals surface area contributed by atoms with Crippen LogP contribution < -0.4 is 10.1 Å². The first-order valence-electron chi connectivity index (χ1n) is 7.00. The van der Waals surface area contributed by atoms with Crippen molar-refractivity contribution in [1.82, 2.24) is 10.3 Å². The summed E-state index contributed by atoms with van der Waals surface area (Å²) >= 11 is 0. The van der Waals surface area contributed by atoms with Crippen LogP contribution in [0.5, 0.6) is 5.75 Å². The molecule has 1 fully saturated rings. The van der Waals surface area contributed by atoms with Crippen LogP contribution in [0.1, 0.15) is 43.5 Å². The van der Waals surface area contributed by atoms with Crippen LogP contribution >= 0.6 is 0 Å². The van der Waals surface area contributed by atoms with E-state index in [1.807, 2.05) is 19.1 Å². The number of methoxy groups -OCH3 is 1. The first-order valence-corrected chi connectivity index (χ1v) is 7.00. The highest BCUT2D eigenvalue weighted by atomic mass is 16.5. The molecule has 0 aliphatic heterocycles. The molecule has 3 heteroatoms. The van der Waals surface area contributed by atoms with Crippen molar-refractivity contribution in [3.8, 4) is 5.75 Å². The number of pyridine rings is 1. The van der Waals surface area contributed by atoms with E-state index in [0.717, 1.165) is 36.1 Å². The molecule has 0 saturated heterocycles. The number of ether oxygens (including phenoxy) is 1. The second kappa shape index (κ2) is 6.74. The van der Waals surface area contributed by atoms with Gasteiger partial charge in [-0.2, -0.15) is 0 Å². The Kier molecular flexibility index (Phi) is 5.00. The van der Waals surface area contributed by atoms with Crippen molar-refractivity contribution >= 4 is 0 Å². The number of nitrogens with zero attached hydrogens (tertiary/aromatic N) is 1. The van der Waals surface area contributed by atoms with Crippen LogP contribution in [0.4, 0.5) is 0 Å². The molecule has 0 radical (unpaired) electrons. The zero-order valence-corrected chi connectivity index (χ0v) is 11.5. The summed E-state index contributed by atoms with van der Waals surface area (Å²) in [6.07, 6.45) is 7.01. The Hall–Kier alpha value is -1.09. The summed E-state index contributed by atoms with van der Waals surface area (Å²) < 4.78 is 5.26. The Labute approximate surface area is 110 Å². The smallest absolute Gasteiger partial charge is 0.122 e. The van der Waals surface area contributed by atoms with Crippen LogP contribution in [0.15, 0.2) is 12.1 Å². The Morgan fingerprint density at radius 3 is 2.78 bits per heavy atom. The molecule has 1 aromatic rings. The van der Waals surface area contributed by atoms with Crippen LogP contribution in [-0.2, 0) is 6.54 Å². The summed E-state index contributed by atoms with van der Waals surface area (Å²) in [6, 6.07) is 3.98. The van der Waals surface area contributed by atoms with E-state index >= 15 is 0 Å². The van der Waals surface area contributed by atoms with Gasteiger partial charge >= 0.3 is 0 Å². The molecule has 0 spiro atoms. The minimum absolute atomic E-state index is 0.842. The molecule has 0 aromatic carbocycles. The average Bonchev–Trinajstić information content (AvgIpc) is 2.39. The molecule has 0 unspecified atom stereocenters. The first kappa shape index (κ1) is 13.3. The average molecular weight is 248 g/mol. The maximum atomic E-state index is 5.26. The molecule has 18 heavy (non-hydrogen) atoms. The normalized spacial score (nSPS) is 16.8. The predicted octanol–water partition coefficient (Wildman–Crippen LogP) is 3.07. The van der Waals surface area contributed by atoms with Gasteiger partial charge in [-0.05, 0) is 32.2 Å². The van der Waals surface area contributed by atoms with Gasteiger partial charge in [0.2, 0.25) is 0 Å². The van der Waals surface area contributed by atoms with E-state index in [1.165, 1.54) is 32.1 Å². The molecular formula is C15H24N2O. The van der Waals surface area contributed by atoms with Gasteiger partial charge in [0.05, 0.1) is 12.8 Å². The molecule has 1 aromatic heterocycles. The molecule has 3 nitrogen and oxygen atoms in total. The van der Waals surface area contributed by atoms with Gasteiger partial charge in [0.1, 0.15) is 5.75 Å². The summed E-state index contributed by atoms with van der Waals surface area (Å²) in [5.41, 5.74) is 2.09. The van der Waals surface area contributed by atoms with Gasteiger partial charge in [-0.25, -0.2) is 0 Å². The number of aryl methyl sites for hydroxylation is 1. The standard InChI is InChI=1S/C15H24N2O/c1-12-8-15(18-2)9-14(17-12)11-16-10-13-6-4-3-5-7-13/h8-9,13,16H,3-7,10-11H2,1-2H3. The molecule has 2 rings (SSSR count). The highest BCUT2D eigenvalue weighted by Gasteiger charge is 2.12. The predicted molar refractivity (Wildman–Crippen MR) is 73.8 cm³/mol. The van der Waals surface area contributed by atoms with Gasteiger partial charge in [0.25, 0.3) is 0 Å². The fraction of sp³-hybridized carbons (Fsp3) is 0.667. The van der Waals surface area contributed by atoms with Gasteiger partial charge in [-0.1, -0.05) is 19.3 Å². The lowest BCUT2D eigenvalue weighted by molar-refractivity contribution is 0.341. The summed E-state index contributed by atoms with van der Waals surface area (Å²) in [6.45, 7) is 3.97. The van der Waals surface area contributed by atoms with Crippen LogP contribution in [0, 0.1) is 12.8 Å². The van der Waals surface area contributed by atoms with E-state index in [1.54, 1.807) is 7.11 Å². The van der Waals surface area contributed by atoms with Crippen molar-refractivity contribution in [1.29, 1.82) is 0 Å². The molecule has 1 heterocycles. The molecular weight excluding hydrogens is 224 g/mol. The van der Waals surface area contributed by atoms with Gasteiger partial charge < -0.3 is 10.1 Å². The van der Waals surface area contributed by atoms with Crippen molar-refractivity contribution in [3.63, 3.8) is 0 Å². The maximum Gasteiger partial charge on any atom is 0.122 e. The summed E-state index contributed by atoms with van der Waals surface area (Å²) in [4.78, 5) is 4.52. The van der Waals surface area contributed by atoms with E-state index in [9.17, 15) is 0 Å². The van der Waals surface area contributed by atoms with E-state index in [2.05, 4.69) is 10.3 Å². The number of rotatable bonds is 5. The zero-order valence-electron chi connectivity index (χ0n) is 11.5. The summed E-state index contributed by atoms with van der Waals surface area (Å²) in [5.74, 6) is 1.77. The van der Waals surface area contributed by atoms with Gasteiger partial charge in [-0.3, -0.25) is 4.98 Å². The second-order valence-corrected chi connectivity index (χ2v) is 5.27. The Balaban J connectivity index is 1.80. The minimum atomic E-state index is 0.842. The molecule has 0 bridgehead atoms. The lowest BCUT2D eigenvalue weighted by Gasteiger charge is -2.21. The van der Waals surface area contributed by atoms with E-state index in [4.69, 9.17) is 4.74 Å². The SMILES string of the molecule is COc1cc(C)nc(CNCC2CCCCC2)c1. The second-order valence-electron chi connectivity index (χ2n) is 5.27. The van der Waals surface area contributed by atoms with Gasteiger partial charge in [0, 0.05) is 24.4 Å². The lowest BCUT2D eigenvalue weighted by Crippen LogP contribution is -2.24. The molecule has 1 aliphatic rings. The Morgan fingerprint density at radius 2 is 2.06 bits per heavy atom. The van der Waals surface area contributed by atoms with Crippen LogP contribution in [0.2, 0.25) is 0 Å². The van der Waals surface area contributed by atoms with Crippen LogP contribution in [0.3, 0.4) is 0 Å². The fourth-order valence-electron chi connectivity index (χ4n) is 2.71. The van der Waals surface area contributed by atoms with Crippen molar-refractivity contribution in [2.45, 2.75) is 45.6 Å². The van der Waals surface area contributed by atoms with E-state index in [-0.39, 0.29) is 0 Å². The lowest BCUT2D eigenvalue weighted by atomic mass is 9.89. The zero-order chi connectivity index (χ0) is 12.8. The molecule has 0 atom stereocenters. The Morgan fingerprint density at radius 1 is 1.28 bits per heavy atom. The summed E-state index contributed by atoms with van der Waals surface area (Å²) in [7, 11) is 1.70. The largest absolute Gasteiger partial charge is 0.497 e. The first-order chi connectivity index (χ1) is 8.78. The number of aromatic nitrogens is 1. The topological polar surface area (TPSA) is 34.1 Å². The van der Waals surface area contributed by atoms with E-state index in [0.29, 0.717) is 0 Å².